The second-order valence-electron chi connectivity index (χ2n) is 7.08. The van der Waals surface area contributed by atoms with E-state index in [1.807, 2.05) is 6.92 Å². The maximum atomic E-state index is 12.6. The van der Waals surface area contributed by atoms with Gasteiger partial charge >= 0.3 is 0 Å². The Morgan fingerprint density at radius 2 is 1.43 bits per heavy atom. The van der Waals surface area contributed by atoms with Crippen molar-refractivity contribution in [2.45, 2.75) is 37.1 Å². The minimum Gasteiger partial charge on any atom is -0.299 e. The Bertz CT molecular complexity index is 755. The first kappa shape index (κ1) is 15.0. The molecular weight excluding hydrogens is 314 g/mol. The van der Waals surface area contributed by atoms with Gasteiger partial charge in [0.1, 0.15) is 11.6 Å². The van der Waals surface area contributed by atoms with E-state index in [-0.39, 0.29) is 40.1 Å². The molecule has 4 atom stereocenters. The van der Waals surface area contributed by atoms with Crippen LogP contribution in [0.4, 0.5) is 0 Å². The Kier molecular flexibility index (Phi) is 3.25. The van der Waals surface area contributed by atoms with Crippen molar-refractivity contribution in [1.29, 1.82) is 0 Å². The van der Waals surface area contributed by atoms with Crippen molar-refractivity contribution in [1.82, 2.24) is 4.72 Å². The van der Waals surface area contributed by atoms with Crippen LogP contribution >= 0.6 is 0 Å². The fraction of sp³-hybridized carbons (Fsp3) is 0.529. The number of carbonyl (C=O) groups excluding carboxylic acids is 2. The van der Waals surface area contributed by atoms with Gasteiger partial charge in [0.15, 0.2) is 0 Å². The van der Waals surface area contributed by atoms with E-state index in [1.165, 1.54) is 0 Å². The zero-order valence-electron chi connectivity index (χ0n) is 12.9. The third-order valence-electron chi connectivity index (χ3n) is 5.67. The Labute approximate surface area is 135 Å². The Morgan fingerprint density at radius 1 is 0.913 bits per heavy atom. The van der Waals surface area contributed by atoms with Crippen LogP contribution in [0.5, 0.6) is 0 Å². The average molecular weight is 333 g/mol. The van der Waals surface area contributed by atoms with Gasteiger partial charge in [0.2, 0.25) is 10.0 Å². The third-order valence-corrected chi connectivity index (χ3v) is 7.15. The molecule has 4 saturated carbocycles. The van der Waals surface area contributed by atoms with Gasteiger partial charge in [0.25, 0.3) is 0 Å². The number of benzene rings is 1. The highest BCUT2D eigenvalue weighted by molar-refractivity contribution is 7.89. The van der Waals surface area contributed by atoms with Gasteiger partial charge in [-0.1, -0.05) is 17.7 Å². The van der Waals surface area contributed by atoms with Crippen LogP contribution in [0.2, 0.25) is 0 Å². The van der Waals surface area contributed by atoms with Crippen LogP contribution in [0.25, 0.3) is 0 Å². The van der Waals surface area contributed by atoms with Crippen molar-refractivity contribution in [3.63, 3.8) is 0 Å². The van der Waals surface area contributed by atoms with Gasteiger partial charge in [-0.2, -0.15) is 0 Å². The van der Waals surface area contributed by atoms with Crippen LogP contribution in [-0.4, -0.2) is 26.0 Å². The van der Waals surface area contributed by atoms with Crippen LogP contribution in [0.15, 0.2) is 29.2 Å². The zero-order valence-corrected chi connectivity index (χ0v) is 13.7. The molecule has 1 N–H and O–H groups in total. The molecule has 23 heavy (non-hydrogen) atoms. The number of Topliss-reactive ketones (excluding diaryl/α,β-unsaturated/α-hetero) is 2. The van der Waals surface area contributed by atoms with E-state index < -0.39 is 16.1 Å². The van der Waals surface area contributed by atoms with Gasteiger partial charge in [-0.3, -0.25) is 9.59 Å². The topological polar surface area (TPSA) is 80.3 Å². The smallest absolute Gasteiger partial charge is 0.240 e. The molecule has 4 aliphatic carbocycles. The van der Waals surface area contributed by atoms with Gasteiger partial charge < -0.3 is 0 Å². The van der Waals surface area contributed by atoms with Crippen molar-refractivity contribution < 1.29 is 18.0 Å². The first-order chi connectivity index (χ1) is 10.9. The summed E-state index contributed by atoms with van der Waals surface area (Å²) >= 11 is 0. The molecular formula is C17H19NO4S. The third kappa shape index (κ3) is 2.27. The highest BCUT2D eigenvalue weighted by Gasteiger charge is 2.58. The van der Waals surface area contributed by atoms with Gasteiger partial charge in [0, 0.05) is 29.7 Å². The molecule has 5 rings (SSSR count). The van der Waals surface area contributed by atoms with E-state index >= 15 is 0 Å². The Balaban J connectivity index is 1.64. The molecule has 0 radical (unpaired) electrons. The number of hydrogen-bond donors (Lipinski definition) is 1. The van der Waals surface area contributed by atoms with Crippen molar-refractivity contribution >= 4 is 21.6 Å². The van der Waals surface area contributed by atoms with Gasteiger partial charge in [0.05, 0.1) is 4.90 Å². The molecule has 1 aromatic carbocycles. The number of ketones is 2. The highest BCUT2D eigenvalue weighted by atomic mass is 32.2. The Morgan fingerprint density at radius 3 is 1.96 bits per heavy atom. The molecule has 0 spiro atoms. The van der Waals surface area contributed by atoms with Gasteiger partial charge in [-0.25, -0.2) is 13.1 Å². The predicted octanol–water partition coefficient (Wildman–Crippen LogP) is 1.46. The molecule has 5 nitrogen and oxygen atoms in total. The highest BCUT2D eigenvalue weighted by Crippen LogP contribution is 2.50. The number of carbonyl (C=O) groups is 2. The lowest BCUT2D eigenvalue weighted by Crippen LogP contribution is -2.63. The second kappa shape index (κ2) is 4.98. The molecule has 4 aliphatic rings. The van der Waals surface area contributed by atoms with E-state index in [9.17, 15) is 18.0 Å². The average Bonchev–Trinajstić information content (AvgIpc) is 2.49. The minimum atomic E-state index is -3.72. The zero-order chi connectivity index (χ0) is 16.4. The summed E-state index contributed by atoms with van der Waals surface area (Å²) in [6.45, 7) is 1.89. The molecule has 4 bridgehead atoms. The van der Waals surface area contributed by atoms with E-state index in [0.29, 0.717) is 19.3 Å². The van der Waals surface area contributed by atoms with Crippen molar-refractivity contribution in [3.05, 3.63) is 29.8 Å². The molecule has 1 aromatic rings. The maximum Gasteiger partial charge on any atom is 0.240 e. The van der Waals surface area contributed by atoms with E-state index in [4.69, 9.17) is 0 Å². The molecule has 0 heterocycles. The number of rotatable bonds is 3. The Hall–Kier alpha value is -1.53. The molecule has 6 heteroatoms. The van der Waals surface area contributed by atoms with Gasteiger partial charge in [-0.15, -0.1) is 0 Å². The normalized spacial score (nSPS) is 35.8. The van der Waals surface area contributed by atoms with Crippen molar-refractivity contribution in [2.24, 2.45) is 23.7 Å². The molecule has 4 fully saturated rings. The van der Waals surface area contributed by atoms with Crippen molar-refractivity contribution in [3.8, 4) is 0 Å². The van der Waals surface area contributed by atoms with Crippen LogP contribution in [-0.2, 0) is 19.6 Å². The summed E-state index contributed by atoms with van der Waals surface area (Å²) in [6.07, 6.45) is 1.68. The second-order valence-corrected chi connectivity index (χ2v) is 8.79. The lowest BCUT2D eigenvalue weighted by molar-refractivity contribution is -0.153. The summed E-state index contributed by atoms with van der Waals surface area (Å²) < 4.78 is 27.9. The number of nitrogens with one attached hydrogen (secondary N) is 1. The molecule has 0 saturated heterocycles. The molecule has 0 aliphatic heterocycles. The van der Waals surface area contributed by atoms with Crippen LogP contribution < -0.4 is 4.72 Å². The van der Waals surface area contributed by atoms with Crippen LogP contribution in [0.1, 0.15) is 24.8 Å². The maximum absolute atomic E-state index is 12.6. The minimum absolute atomic E-state index is 0.0402. The fourth-order valence-corrected chi connectivity index (χ4v) is 5.83. The summed E-state index contributed by atoms with van der Waals surface area (Å²) in [5.41, 5.74) is 0.976. The SMILES string of the molecule is Cc1ccc(S(=O)(=O)NC2[C@@H]3C[C@H]4C[C@H](C[C@@H]2C4=O)C3=O)cc1. The summed E-state index contributed by atoms with van der Waals surface area (Å²) in [7, 11) is -3.72. The first-order valence-electron chi connectivity index (χ1n) is 8.03. The summed E-state index contributed by atoms with van der Waals surface area (Å²) in [5.74, 6) is -0.475. The lowest BCUT2D eigenvalue weighted by atomic mass is 9.53. The van der Waals surface area contributed by atoms with Crippen molar-refractivity contribution in [2.75, 3.05) is 0 Å². The van der Waals surface area contributed by atoms with E-state index in [0.717, 1.165) is 5.56 Å². The van der Waals surface area contributed by atoms with Crippen LogP contribution in [0.3, 0.4) is 0 Å². The summed E-state index contributed by atoms with van der Waals surface area (Å²) in [5, 5.41) is 0. The van der Waals surface area contributed by atoms with E-state index in [1.54, 1.807) is 24.3 Å². The standard InChI is InChI=1S/C17H19NO4S/c1-9-2-4-12(5-3-9)23(21,22)18-15-13-7-10-6-11(17(13)20)8-14(15)16(10)19/h2-5,10-11,13-15,18H,6-8H2,1H3/t10-,11-,13+,14+/m1/s1. The fourth-order valence-electron chi connectivity index (χ4n) is 4.51. The quantitative estimate of drug-likeness (QED) is 0.908. The lowest BCUT2D eigenvalue weighted by Gasteiger charge is -2.51. The van der Waals surface area contributed by atoms with Gasteiger partial charge in [-0.05, 0) is 38.3 Å². The molecule has 0 amide bonds. The van der Waals surface area contributed by atoms with E-state index in [2.05, 4.69) is 4.72 Å². The monoisotopic (exact) mass is 333 g/mol. The molecule has 0 unspecified atom stereocenters. The number of sulfonamides is 1. The summed E-state index contributed by atoms with van der Waals surface area (Å²) in [4.78, 5) is 25.0. The number of aryl methyl sites for hydroxylation is 1. The molecule has 122 valence electrons. The summed E-state index contributed by atoms with van der Waals surface area (Å²) in [6, 6.07) is 6.01. The molecule has 0 aromatic heterocycles. The van der Waals surface area contributed by atoms with Crippen LogP contribution in [0, 0.1) is 30.6 Å². The largest absolute Gasteiger partial charge is 0.299 e. The first-order valence-corrected chi connectivity index (χ1v) is 9.51. The number of hydrogen-bond acceptors (Lipinski definition) is 4. The predicted molar refractivity (Wildman–Crippen MR) is 83.1 cm³/mol.